The molecule has 0 atom stereocenters. The fourth-order valence-corrected chi connectivity index (χ4v) is 5.06. The molecule has 0 N–H and O–H groups in total. The predicted octanol–water partition coefficient (Wildman–Crippen LogP) is 3.33. The number of para-hydroxylation sites is 1. The fourth-order valence-electron chi connectivity index (χ4n) is 3.93. The number of benzene rings is 2. The van der Waals surface area contributed by atoms with Gasteiger partial charge in [0.15, 0.2) is 5.82 Å². The summed E-state index contributed by atoms with van der Waals surface area (Å²) in [6.07, 6.45) is 3.31. The first-order valence-corrected chi connectivity index (χ1v) is 11.3. The quantitative estimate of drug-likeness (QED) is 0.403. The van der Waals surface area contributed by atoms with Crippen molar-refractivity contribution in [3.8, 4) is 11.4 Å². The molecule has 5 aromatic rings. The van der Waals surface area contributed by atoms with Crippen molar-refractivity contribution in [1.29, 1.82) is 0 Å². The summed E-state index contributed by atoms with van der Waals surface area (Å²) in [5, 5.41) is 5.00. The van der Waals surface area contributed by atoms with E-state index in [0.717, 1.165) is 22.4 Å². The maximum Gasteiger partial charge on any atom is 0.291 e. The Morgan fingerprint density at radius 2 is 1.79 bits per heavy atom. The predicted molar refractivity (Wildman–Crippen MR) is 127 cm³/mol. The van der Waals surface area contributed by atoms with Crippen LogP contribution < -0.4 is 15.0 Å². The van der Waals surface area contributed by atoms with Gasteiger partial charge in [0.1, 0.15) is 4.53 Å². The molecule has 0 unspecified atom stereocenters. The van der Waals surface area contributed by atoms with Crippen LogP contribution in [0.15, 0.2) is 77.9 Å². The average Bonchev–Trinajstić information content (AvgIpc) is 3.47. The molecule has 6 rings (SSSR count). The van der Waals surface area contributed by atoms with Gasteiger partial charge in [-0.25, -0.2) is 0 Å². The molecule has 7 nitrogen and oxygen atoms in total. The molecule has 3 aromatic heterocycles. The minimum absolute atomic E-state index is 0.222. The fraction of sp³-hybridized carbons (Fsp3) is 0.0417. The number of rotatable bonds is 3. The molecule has 0 radical (unpaired) electrons. The van der Waals surface area contributed by atoms with Gasteiger partial charge >= 0.3 is 0 Å². The Hall–Kier alpha value is -3.88. The summed E-state index contributed by atoms with van der Waals surface area (Å²) in [7, 11) is 0. The second-order valence-corrected chi connectivity index (χ2v) is 8.93. The van der Waals surface area contributed by atoms with Crippen molar-refractivity contribution in [2.24, 2.45) is 0 Å². The third-order valence-corrected chi connectivity index (χ3v) is 6.76. The molecule has 33 heavy (non-hydrogen) atoms. The van der Waals surface area contributed by atoms with Crippen LogP contribution in [0.3, 0.4) is 0 Å². The third-order valence-electron chi connectivity index (χ3n) is 5.48. The highest BCUT2D eigenvalue weighted by Gasteiger charge is 2.34. The molecule has 0 aliphatic carbocycles. The van der Waals surface area contributed by atoms with Crippen molar-refractivity contribution in [3.63, 3.8) is 0 Å². The van der Waals surface area contributed by atoms with Crippen LogP contribution in [0.1, 0.15) is 11.1 Å². The molecule has 2 aromatic carbocycles. The van der Waals surface area contributed by atoms with Crippen LogP contribution >= 0.6 is 22.9 Å². The van der Waals surface area contributed by atoms with E-state index in [2.05, 4.69) is 15.1 Å². The van der Waals surface area contributed by atoms with Crippen molar-refractivity contribution in [2.75, 3.05) is 4.90 Å². The van der Waals surface area contributed by atoms with Gasteiger partial charge in [-0.15, -0.1) is 5.10 Å². The van der Waals surface area contributed by atoms with Crippen molar-refractivity contribution in [3.05, 3.63) is 104 Å². The summed E-state index contributed by atoms with van der Waals surface area (Å²) in [6.45, 7) is 0.372. The average molecular weight is 472 g/mol. The zero-order valence-electron chi connectivity index (χ0n) is 17.0. The zero-order chi connectivity index (χ0) is 22.5. The van der Waals surface area contributed by atoms with Gasteiger partial charge in [-0.2, -0.15) is 9.50 Å². The molecule has 0 saturated heterocycles. The Morgan fingerprint density at radius 1 is 0.970 bits per heavy atom. The molecule has 0 saturated carbocycles. The number of anilines is 1. The number of aromatic nitrogens is 4. The van der Waals surface area contributed by atoms with Gasteiger partial charge in [-0.1, -0.05) is 53.3 Å². The number of nitrogens with zero attached hydrogens (tertiary/aromatic N) is 5. The minimum Gasteiger partial charge on any atom is -0.303 e. The van der Waals surface area contributed by atoms with Crippen LogP contribution in [0.5, 0.6) is 0 Å². The maximum absolute atomic E-state index is 13.5. The Labute approximate surface area is 196 Å². The Balaban J connectivity index is 1.49. The van der Waals surface area contributed by atoms with Crippen molar-refractivity contribution in [1.82, 2.24) is 19.6 Å². The van der Waals surface area contributed by atoms with E-state index in [0.29, 0.717) is 32.5 Å². The van der Waals surface area contributed by atoms with Gasteiger partial charge in [0, 0.05) is 28.5 Å². The number of hydrogen-bond acceptors (Lipinski definition) is 6. The van der Waals surface area contributed by atoms with Gasteiger partial charge in [-0.3, -0.25) is 14.6 Å². The number of amides is 1. The zero-order valence-corrected chi connectivity index (χ0v) is 18.5. The van der Waals surface area contributed by atoms with Crippen LogP contribution in [0.4, 0.5) is 5.69 Å². The minimum atomic E-state index is -0.357. The van der Waals surface area contributed by atoms with Gasteiger partial charge in [0.25, 0.3) is 11.5 Å². The summed E-state index contributed by atoms with van der Waals surface area (Å²) in [4.78, 5) is 37.5. The molecule has 4 heterocycles. The number of pyridine rings is 1. The van der Waals surface area contributed by atoms with Gasteiger partial charge in [-0.05, 0) is 35.9 Å². The number of fused-ring (bicyclic) bond motifs is 2. The lowest BCUT2D eigenvalue weighted by Crippen LogP contribution is -2.32. The number of carbonyl (C=O) groups is 1. The molecule has 0 bridgehead atoms. The standard InChI is InChI=1S/C24H14ClN5O2S/c25-16-9-7-14(8-10-16)13-29-18-6-2-1-5-17(18)19(22(29)31)20-23(32)30-24(33-20)27-21(28-30)15-4-3-11-26-12-15/h1-12H,13H2. The Bertz CT molecular complexity index is 1640. The highest BCUT2D eigenvalue weighted by atomic mass is 35.5. The highest BCUT2D eigenvalue weighted by molar-refractivity contribution is 7.15. The van der Waals surface area contributed by atoms with E-state index >= 15 is 0 Å². The number of hydrogen-bond donors (Lipinski definition) is 0. The highest BCUT2D eigenvalue weighted by Crippen LogP contribution is 2.36. The first-order valence-electron chi connectivity index (χ1n) is 10.1. The molecule has 0 spiro atoms. The maximum atomic E-state index is 13.5. The lowest BCUT2D eigenvalue weighted by atomic mass is 10.1. The van der Waals surface area contributed by atoms with E-state index in [-0.39, 0.29) is 11.5 Å². The summed E-state index contributed by atoms with van der Waals surface area (Å²) in [5.41, 5.74) is 3.18. The topological polar surface area (TPSA) is 80.5 Å². The van der Waals surface area contributed by atoms with Crippen LogP contribution in [-0.2, 0) is 11.3 Å². The van der Waals surface area contributed by atoms with E-state index in [1.165, 1.54) is 15.9 Å². The molecular formula is C24H14ClN5O2S. The first-order chi connectivity index (χ1) is 16.1. The van der Waals surface area contributed by atoms with E-state index in [4.69, 9.17) is 11.6 Å². The van der Waals surface area contributed by atoms with Crippen LogP contribution in [0.2, 0.25) is 5.02 Å². The van der Waals surface area contributed by atoms with Gasteiger partial charge < -0.3 is 4.90 Å². The monoisotopic (exact) mass is 471 g/mol. The second kappa shape index (κ2) is 7.61. The molecule has 9 heteroatoms. The van der Waals surface area contributed by atoms with E-state index in [1.807, 2.05) is 42.5 Å². The van der Waals surface area contributed by atoms with Crippen molar-refractivity contribution < 1.29 is 4.79 Å². The summed E-state index contributed by atoms with van der Waals surface area (Å²) >= 11 is 7.17. The number of halogens is 1. The Kier molecular flexibility index (Phi) is 4.56. The van der Waals surface area contributed by atoms with Gasteiger partial charge in [0.05, 0.1) is 17.8 Å². The van der Waals surface area contributed by atoms with Crippen molar-refractivity contribution >= 4 is 45.1 Å². The van der Waals surface area contributed by atoms with E-state index in [1.54, 1.807) is 35.5 Å². The smallest absolute Gasteiger partial charge is 0.291 e. The molecule has 0 fully saturated rings. The third kappa shape index (κ3) is 3.23. The second-order valence-electron chi connectivity index (χ2n) is 7.52. The van der Waals surface area contributed by atoms with Crippen molar-refractivity contribution in [2.45, 2.75) is 6.54 Å². The lowest BCUT2D eigenvalue weighted by molar-refractivity contribution is -0.113. The summed E-state index contributed by atoms with van der Waals surface area (Å²) < 4.78 is 1.59. The van der Waals surface area contributed by atoms with Crippen LogP contribution in [0, 0.1) is 0 Å². The number of carbonyl (C=O) groups excluding carboxylic acids is 1. The molecular weight excluding hydrogens is 458 g/mol. The van der Waals surface area contributed by atoms with Crippen LogP contribution in [-0.4, -0.2) is 25.5 Å². The molecule has 1 aliphatic rings. The van der Waals surface area contributed by atoms with Crippen LogP contribution in [0.25, 0.3) is 21.9 Å². The lowest BCUT2D eigenvalue weighted by Gasteiger charge is -2.17. The molecule has 1 aliphatic heterocycles. The summed E-state index contributed by atoms with van der Waals surface area (Å²) in [6, 6.07) is 18.5. The SMILES string of the molecule is O=C1C(=c2sc3nc(-c4cccnc4)nn3c2=O)c2ccccc2N1Cc1ccc(Cl)cc1. The summed E-state index contributed by atoms with van der Waals surface area (Å²) in [5.74, 6) is 0.200. The number of thiazole rings is 1. The molecule has 1 amide bonds. The largest absolute Gasteiger partial charge is 0.303 e. The Morgan fingerprint density at radius 3 is 2.55 bits per heavy atom. The normalized spacial score (nSPS) is 14.8. The van der Waals surface area contributed by atoms with E-state index in [9.17, 15) is 9.59 Å². The van der Waals surface area contributed by atoms with Gasteiger partial charge in [0.2, 0.25) is 4.96 Å². The molecule has 160 valence electrons. The first kappa shape index (κ1) is 19.8. The van der Waals surface area contributed by atoms with E-state index < -0.39 is 0 Å².